The van der Waals surface area contributed by atoms with Crippen LogP contribution in [-0.4, -0.2) is 63.4 Å². The van der Waals surface area contributed by atoms with Crippen LogP contribution >= 0.6 is 0 Å². The molecule has 2 heterocycles. The molecular formula is C19H29N3O5. The Labute approximate surface area is 159 Å². The Morgan fingerprint density at radius 1 is 1.19 bits per heavy atom. The third-order valence-corrected chi connectivity index (χ3v) is 6.43. The van der Waals surface area contributed by atoms with E-state index in [1.807, 2.05) is 6.92 Å². The highest BCUT2D eigenvalue weighted by atomic mass is 16.4. The number of carboxylic acid groups (broad SMARTS) is 1. The van der Waals surface area contributed by atoms with Crippen LogP contribution < -0.4 is 5.32 Å². The van der Waals surface area contributed by atoms with Gasteiger partial charge in [0.25, 0.3) is 5.91 Å². The maximum absolute atomic E-state index is 13.0. The number of carbonyl (C=O) groups is 4. The van der Waals surface area contributed by atoms with Crippen LogP contribution in [0.5, 0.6) is 0 Å². The zero-order valence-electron chi connectivity index (χ0n) is 15.9. The lowest BCUT2D eigenvalue weighted by molar-refractivity contribution is -0.143. The highest BCUT2D eigenvalue weighted by Crippen LogP contribution is 2.38. The van der Waals surface area contributed by atoms with Gasteiger partial charge in [-0.3, -0.25) is 19.3 Å². The summed E-state index contributed by atoms with van der Waals surface area (Å²) < 4.78 is 0. The summed E-state index contributed by atoms with van der Waals surface area (Å²) in [5.41, 5.74) is -0.861. The molecule has 8 nitrogen and oxygen atoms in total. The van der Waals surface area contributed by atoms with E-state index in [9.17, 15) is 19.2 Å². The Morgan fingerprint density at radius 3 is 2.63 bits per heavy atom. The minimum atomic E-state index is -0.879. The summed E-state index contributed by atoms with van der Waals surface area (Å²) in [5, 5.41) is 11.8. The standard InChI is InChI=1S/C19H29N3O5/c1-13-6-2-4-10-19(13)17(26)22(18(27)20-19)12-15(23)21-11-5-3-7-14(21)8-9-16(24)25/h13-14H,2-12H2,1H3,(H,20,27)(H,24,25). The SMILES string of the molecule is CC1CCCCC12NC(=O)N(CC(=O)N1CCCCC1CCC(=O)O)C2=O. The molecule has 27 heavy (non-hydrogen) atoms. The molecule has 3 atom stereocenters. The van der Waals surface area contributed by atoms with Crippen LogP contribution in [0.25, 0.3) is 0 Å². The van der Waals surface area contributed by atoms with Gasteiger partial charge >= 0.3 is 12.0 Å². The van der Waals surface area contributed by atoms with Gasteiger partial charge in [0.15, 0.2) is 0 Å². The van der Waals surface area contributed by atoms with E-state index in [2.05, 4.69) is 5.32 Å². The predicted molar refractivity (Wildman–Crippen MR) is 96.8 cm³/mol. The Bertz CT molecular complexity index is 637. The molecule has 2 aliphatic heterocycles. The average molecular weight is 379 g/mol. The molecule has 1 spiro atoms. The number of piperidine rings is 1. The third-order valence-electron chi connectivity index (χ3n) is 6.43. The van der Waals surface area contributed by atoms with Gasteiger partial charge in [-0.15, -0.1) is 0 Å². The largest absolute Gasteiger partial charge is 0.481 e. The summed E-state index contributed by atoms with van der Waals surface area (Å²) in [7, 11) is 0. The molecule has 3 rings (SSSR count). The van der Waals surface area contributed by atoms with Crippen LogP contribution in [0.1, 0.15) is 64.7 Å². The van der Waals surface area contributed by atoms with E-state index in [1.165, 1.54) is 0 Å². The molecule has 2 N–H and O–H groups in total. The van der Waals surface area contributed by atoms with Gasteiger partial charge < -0.3 is 15.3 Å². The lowest BCUT2D eigenvalue weighted by Crippen LogP contribution is -2.54. The fourth-order valence-corrected chi connectivity index (χ4v) is 4.78. The highest BCUT2D eigenvalue weighted by Gasteiger charge is 2.55. The van der Waals surface area contributed by atoms with E-state index < -0.39 is 17.5 Å². The first-order valence-corrected chi connectivity index (χ1v) is 10.0. The number of nitrogens with zero attached hydrogens (tertiary/aromatic N) is 2. The minimum absolute atomic E-state index is 0.0121. The number of urea groups is 1. The first-order chi connectivity index (χ1) is 12.8. The summed E-state index contributed by atoms with van der Waals surface area (Å²) in [4.78, 5) is 51.9. The minimum Gasteiger partial charge on any atom is -0.481 e. The quantitative estimate of drug-likeness (QED) is 0.708. The van der Waals surface area contributed by atoms with Crippen molar-refractivity contribution in [1.82, 2.24) is 15.1 Å². The maximum atomic E-state index is 13.0. The number of amides is 4. The lowest BCUT2D eigenvalue weighted by atomic mass is 9.73. The molecule has 0 bridgehead atoms. The number of rotatable bonds is 5. The highest BCUT2D eigenvalue weighted by molar-refractivity contribution is 6.09. The van der Waals surface area contributed by atoms with Crippen LogP contribution in [0.3, 0.4) is 0 Å². The summed E-state index contributed by atoms with van der Waals surface area (Å²) in [6.07, 6.45) is 6.44. The van der Waals surface area contributed by atoms with Crippen LogP contribution in [0.15, 0.2) is 0 Å². The number of hydrogen-bond donors (Lipinski definition) is 2. The van der Waals surface area contributed by atoms with Crippen molar-refractivity contribution in [2.45, 2.75) is 76.3 Å². The molecule has 4 amide bonds. The second kappa shape index (κ2) is 7.86. The zero-order chi connectivity index (χ0) is 19.6. The van der Waals surface area contributed by atoms with Gasteiger partial charge in [0.1, 0.15) is 12.1 Å². The Balaban J connectivity index is 1.68. The molecule has 0 aromatic rings. The Morgan fingerprint density at radius 2 is 1.93 bits per heavy atom. The first kappa shape index (κ1) is 19.6. The third kappa shape index (κ3) is 3.80. The number of nitrogens with one attached hydrogen (secondary N) is 1. The molecule has 3 aliphatic rings. The second-order valence-corrected chi connectivity index (χ2v) is 8.11. The number of hydrogen-bond acceptors (Lipinski definition) is 4. The van der Waals surface area contributed by atoms with Crippen molar-refractivity contribution in [3.8, 4) is 0 Å². The molecule has 1 aliphatic carbocycles. The Kier molecular flexibility index (Phi) is 5.72. The average Bonchev–Trinajstić information content (AvgIpc) is 2.87. The van der Waals surface area contributed by atoms with Crippen molar-refractivity contribution in [3.05, 3.63) is 0 Å². The lowest BCUT2D eigenvalue weighted by Gasteiger charge is -2.37. The normalized spacial score (nSPS) is 31.3. The number of likely N-dealkylation sites (tertiary alicyclic amines) is 1. The van der Waals surface area contributed by atoms with Gasteiger partial charge in [0.2, 0.25) is 5.91 Å². The van der Waals surface area contributed by atoms with Crippen LogP contribution in [0.2, 0.25) is 0 Å². The van der Waals surface area contributed by atoms with Gasteiger partial charge in [0, 0.05) is 19.0 Å². The topological polar surface area (TPSA) is 107 Å². The summed E-state index contributed by atoms with van der Waals surface area (Å²) in [6.45, 7) is 2.27. The van der Waals surface area contributed by atoms with Gasteiger partial charge in [-0.25, -0.2) is 4.79 Å². The Hall–Kier alpha value is -2.12. The van der Waals surface area contributed by atoms with Crippen molar-refractivity contribution in [2.24, 2.45) is 5.92 Å². The summed E-state index contributed by atoms with van der Waals surface area (Å²) in [6, 6.07) is -0.619. The number of imide groups is 1. The molecule has 0 aromatic carbocycles. The van der Waals surface area contributed by atoms with E-state index in [0.717, 1.165) is 43.4 Å². The van der Waals surface area contributed by atoms with Gasteiger partial charge in [-0.1, -0.05) is 19.8 Å². The molecule has 3 unspecified atom stereocenters. The molecule has 1 saturated carbocycles. The van der Waals surface area contributed by atoms with Gasteiger partial charge in [-0.05, 0) is 44.4 Å². The van der Waals surface area contributed by atoms with Crippen molar-refractivity contribution in [3.63, 3.8) is 0 Å². The predicted octanol–water partition coefficient (Wildman–Crippen LogP) is 1.73. The number of carbonyl (C=O) groups excluding carboxylic acids is 3. The smallest absolute Gasteiger partial charge is 0.325 e. The molecule has 0 radical (unpaired) electrons. The van der Waals surface area contributed by atoms with Gasteiger partial charge in [0.05, 0.1) is 0 Å². The van der Waals surface area contributed by atoms with Crippen molar-refractivity contribution in [2.75, 3.05) is 13.1 Å². The van der Waals surface area contributed by atoms with E-state index in [1.54, 1.807) is 4.90 Å². The fraction of sp³-hybridized carbons (Fsp3) is 0.789. The maximum Gasteiger partial charge on any atom is 0.325 e. The first-order valence-electron chi connectivity index (χ1n) is 10.0. The molecule has 150 valence electrons. The monoisotopic (exact) mass is 379 g/mol. The molecular weight excluding hydrogens is 350 g/mol. The van der Waals surface area contributed by atoms with Crippen molar-refractivity contribution in [1.29, 1.82) is 0 Å². The summed E-state index contributed by atoms with van der Waals surface area (Å²) in [5.74, 6) is -1.38. The van der Waals surface area contributed by atoms with Crippen LogP contribution in [0.4, 0.5) is 4.79 Å². The summed E-state index contributed by atoms with van der Waals surface area (Å²) >= 11 is 0. The molecule has 8 heteroatoms. The van der Waals surface area contributed by atoms with Gasteiger partial charge in [-0.2, -0.15) is 0 Å². The van der Waals surface area contributed by atoms with Crippen molar-refractivity contribution >= 4 is 23.8 Å². The van der Waals surface area contributed by atoms with E-state index >= 15 is 0 Å². The van der Waals surface area contributed by atoms with E-state index in [0.29, 0.717) is 19.4 Å². The molecule has 3 fully saturated rings. The molecule has 2 saturated heterocycles. The fourth-order valence-electron chi connectivity index (χ4n) is 4.78. The van der Waals surface area contributed by atoms with Crippen LogP contribution in [-0.2, 0) is 14.4 Å². The van der Waals surface area contributed by atoms with E-state index in [-0.39, 0.29) is 36.7 Å². The number of carboxylic acids is 1. The number of aliphatic carboxylic acids is 1. The zero-order valence-corrected chi connectivity index (χ0v) is 15.9. The molecule has 0 aromatic heterocycles. The van der Waals surface area contributed by atoms with Crippen LogP contribution in [0, 0.1) is 5.92 Å². The van der Waals surface area contributed by atoms with E-state index in [4.69, 9.17) is 5.11 Å². The van der Waals surface area contributed by atoms with Crippen molar-refractivity contribution < 1.29 is 24.3 Å². The second-order valence-electron chi connectivity index (χ2n) is 8.11.